The van der Waals surface area contributed by atoms with Crippen LogP contribution in [-0.2, 0) is 25.5 Å². The molecule has 0 saturated heterocycles. The van der Waals surface area contributed by atoms with Gasteiger partial charge in [0.15, 0.2) is 0 Å². The third-order valence-electron chi connectivity index (χ3n) is 5.26. The summed E-state index contributed by atoms with van der Waals surface area (Å²) in [4.78, 5) is 9.30. The summed E-state index contributed by atoms with van der Waals surface area (Å²) in [6, 6.07) is 20.0. The second-order valence-corrected chi connectivity index (χ2v) is 12.8. The highest BCUT2D eigenvalue weighted by atomic mass is 32.2. The first-order chi connectivity index (χ1) is 15.8. The van der Waals surface area contributed by atoms with Crippen molar-refractivity contribution in [3.8, 4) is 10.4 Å². The van der Waals surface area contributed by atoms with E-state index < -0.39 is 26.2 Å². The molecule has 0 radical (unpaired) electrons. The van der Waals surface area contributed by atoms with E-state index in [-0.39, 0.29) is 15.7 Å². The van der Waals surface area contributed by atoms with Gasteiger partial charge in [-0.3, -0.25) is 4.72 Å². The van der Waals surface area contributed by atoms with Crippen LogP contribution in [0.5, 0.6) is 0 Å². The van der Waals surface area contributed by atoms with Crippen LogP contribution >= 0.6 is 11.3 Å². The van der Waals surface area contributed by atoms with Gasteiger partial charge in [-0.15, -0.1) is 11.3 Å². The number of thiophene rings is 1. The Morgan fingerprint density at radius 1 is 1.00 bits per heavy atom. The predicted octanol–water partition coefficient (Wildman–Crippen LogP) is 4.02. The molecule has 2 aromatic carbocycles. The average Bonchev–Trinajstić information content (AvgIpc) is 3.14. The molecule has 34 heavy (non-hydrogen) atoms. The van der Waals surface area contributed by atoms with Gasteiger partial charge in [0.2, 0.25) is 20.0 Å². The lowest BCUT2D eigenvalue weighted by molar-refractivity contribution is 0.137. The van der Waals surface area contributed by atoms with Gasteiger partial charge in [0.05, 0.1) is 6.26 Å². The van der Waals surface area contributed by atoms with E-state index in [1.54, 1.807) is 30.3 Å². The van der Waals surface area contributed by atoms with Crippen molar-refractivity contribution in [1.29, 1.82) is 0 Å². The van der Waals surface area contributed by atoms with E-state index in [4.69, 9.17) is 15.0 Å². The van der Waals surface area contributed by atoms with Gasteiger partial charge >= 0.3 is 6.16 Å². The van der Waals surface area contributed by atoms with Crippen LogP contribution in [0.2, 0.25) is 0 Å². The minimum atomic E-state index is -3.65. The Labute approximate surface area is 202 Å². The van der Waals surface area contributed by atoms with Gasteiger partial charge in [0.25, 0.3) is 0 Å². The van der Waals surface area contributed by atoms with Gasteiger partial charge in [0.1, 0.15) is 4.21 Å². The smallest absolute Gasteiger partial charge is 0.450 e. The zero-order valence-corrected chi connectivity index (χ0v) is 20.7. The number of carboxylic acid groups (broad SMARTS) is 2. The lowest BCUT2D eigenvalue weighted by Crippen LogP contribution is -2.29. The molecule has 1 fully saturated rings. The molecule has 0 unspecified atom stereocenters. The van der Waals surface area contributed by atoms with Crippen molar-refractivity contribution in [2.45, 2.75) is 29.0 Å². The molecule has 0 bridgehead atoms. The summed E-state index contributed by atoms with van der Waals surface area (Å²) in [5.41, 5.74) is 2.11. The van der Waals surface area contributed by atoms with Crippen LogP contribution in [0.3, 0.4) is 0 Å². The van der Waals surface area contributed by atoms with Crippen molar-refractivity contribution >= 4 is 43.2 Å². The molecule has 2 atom stereocenters. The summed E-state index contributed by atoms with van der Waals surface area (Å²) in [7, 11) is -7.03. The summed E-state index contributed by atoms with van der Waals surface area (Å²) in [6.45, 7) is 2.07. The number of benzene rings is 2. The summed E-state index contributed by atoms with van der Waals surface area (Å²) >= 11 is 1.16. The van der Waals surface area contributed by atoms with Crippen molar-refractivity contribution in [3.63, 3.8) is 0 Å². The zero-order valence-electron chi connectivity index (χ0n) is 18.3. The highest BCUT2D eigenvalue weighted by molar-refractivity contribution is 7.92. The number of anilines is 1. The Morgan fingerprint density at radius 3 is 2.26 bits per heavy atom. The number of nitrogens with one attached hydrogen (secondary N) is 2. The summed E-state index contributed by atoms with van der Waals surface area (Å²) in [5, 5.41) is 13.9. The molecule has 12 heteroatoms. The molecule has 9 nitrogen and oxygen atoms in total. The second kappa shape index (κ2) is 9.74. The van der Waals surface area contributed by atoms with Crippen molar-refractivity contribution < 1.29 is 31.8 Å². The molecule has 1 aliphatic rings. The van der Waals surface area contributed by atoms with Crippen molar-refractivity contribution in [2.24, 2.45) is 0 Å². The van der Waals surface area contributed by atoms with E-state index in [0.717, 1.165) is 40.0 Å². The Balaban J connectivity index is 0.000000751. The normalized spacial score (nSPS) is 19.5. The average molecular weight is 525 g/mol. The third kappa shape index (κ3) is 6.56. The van der Waals surface area contributed by atoms with Crippen LogP contribution < -0.4 is 9.44 Å². The number of sulfonamides is 2. The Bertz CT molecular complexity index is 1380. The molecular formula is C22H24N2O7S3. The van der Waals surface area contributed by atoms with Crippen molar-refractivity contribution in [1.82, 2.24) is 4.72 Å². The molecule has 0 aliphatic heterocycles. The highest BCUT2D eigenvalue weighted by Crippen LogP contribution is 2.48. The molecule has 4 N–H and O–H groups in total. The largest absolute Gasteiger partial charge is 0.503 e. The minimum Gasteiger partial charge on any atom is -0.450 e. The molecular weight excluding hydrogens is 500 g/mol. The van der Waals surface area contributed by atoms with Crippen LogP contribution in [0.4, 0.5) is 10.5 Å². The molecule has 1 heterocycles. The van der Waals surface area contributed by atoms with Crippen LogP contribution in [0, 0.1) is 0 Å². The van der Waals surface area contributed by atoms with E-state index in [0.29, 0.717) is 5.69 Å². The fraction of sp³-hybridized carbons (Fsp3) is 0.227. The second-order valence-electron chi connectivity index (χ2n) is 8.02. The maximum atomic E-state index is 12.9. The maximum absolute atomic E-state index is 12.9. The molecule has 3 aromatic rings. The summed E-state index contributed by atoms with van der Waals surface area (Å²) in [5.74, 6) is 0. The van der Waals surface area contributed by atoms with Gasteiger partial charge in [-0.1, -0.05) is 49.4 Å². The van der Waals surface area contributed by atoms with E-state index >= 15 is 0 Å². The van der Waals surface area contributed by atoms with E-state index in [1.807, 2.05) is 36.4 Å². The van der Waals surface area contributed by atoms with Crippen LogP contribution in [0.15, 0.2) is 70.9 Å². The standard InChI is InChI=1S/C21H22N2O4S3.CH2O3/c1-21(16-8-4-3-5-9-16)14-19(21)23-30(26,27)20-12-11-18(28-20)15-7-6-10-17(13-15)22-29(2,24)25;2-1(3)4/h3-13,19,22-23H,14H2,1-2H3;(H2,2,3,4)/t19-,21+;/m0./s1. The topological polar surface area (TPSA) is 150 Å². The molecule has 1 saturated carbocycles. The van der Waals surface area contributed by atoms with E-state index in [1.165, 1.54) is 0 Å². The number of carbonyl (C=O) groups is 1. The van der Waals surface area contributed by atoms with Gasteiger partial charge in [-0.25, -0.2) is 26.4 Å². The van der Waals surface area contributed by atoms with E-state index in [2.05, 4.69) is 16.4 Å². The number of hydrogen-bond acceptors (Lipinski definition) is 6. The fourth-order valence-corrected chi connectivity index (χ4v) is 6.71. The van der Waals surface area contributed by atoms with Crippen LogP contribution in [0.25, 0.3) is 10.4 Å². The quantitative estimate of drug-likeness (QED) is 0.365. The summed E-state index contributed by atoms with van der Waals surface area (Å²) in [6.07, 6.45) is 0.00985. The van der Waals surface area contributed by atoms with Gasteiger partial charge in [-0.2, -0.15) is 0 Å². The third-order valence-corrected chi connectivity index (χ3v) is 8.97. The first kappa shape index (κ1) is 25.7. The SMILES string of the molecule is C[C@]1(c2ccccc2)C[C@@H]1NS(=O)(=O)c1ccc(-c2cccc(NS(C)(=O)=O)c2)s1.O=C(O)O. The molecule has 0 spiro atoms. The summed E-state index contributed by atoms with van der Waals surface area (Å²) < 4.78 is 54.2. The van der Waals surface area contributed by atoms with Crippen LogP contribution in [-0.4, -0.2) is 45.5 Å². The Kier molecular flexibility index (Phi) is 7.36. The van der Waals surface area contributed by atoms with Gasteiger partial charge in [0, 0.05) is 22.0 Å². The fourth-order valence-electron chi connectivity index (χ4n) is 3.49. The maximum Gasteiger partial charge on any atom is 0.503 e. The Morgan fingerprint density at radius 2 is 1.65 bits per heavy atom. The molecule has 1 aliphatic carbocycles. The monoisotopic (exact) mass is 524 g/mol. The molecule has 4 rings (SSSR count). The first-order valence-electron chi connectivity index (χ1n) is 9.98. The van der Waals surface area contributed by atoms with Crippen molar-refractivity contribution in [2.75, 3.05) is 11.0 Å². The lowest BCUT2D eigenvalue weighted by Gasteiger charge is -2.12. The van der Waals surface area contributed by atoms with E-state index in [9.17, 15) is 16.8 Å². The lowest BCUT2D eigenvalue weighted by atomic mass is 9.98. The predicted molar refractivity (Wildman–Crippen MR) is 131 cm³/mol. The first-order valence-corrected chi connectivity index (χ1v) is 14.2. The number of hydrogen-bond donors (Lipinski definition) is 4. The highest BCUT2D eigenvalue weighted by Gasteiger charge is 2.53. The number of rotatable bonds is 7. The van der Waals surface area contributed by atoms with Crippen LogP contribution in [0.1, 0.15) is 18.9 Å². The van der Waals surface area contributed by atoms with Crippen molar-refractivity contribution in [3.05, 3.63) is 72.3 Å². The Hall–Kier alpha value is -2.93. The van der Waals surface area contributed by atoms with Gasteiger partial charge in [-0.05, 0) is 41.8 Å². The van der Waals surface area contributed by atoms with Gasteiger partial charge < -0.3 is 10.2 Å². The molecule has 182 valence electrons. The molecule has 0 amide bonds. The zero-order chi connectivity index (χ0) is 25.1. The minimum absolute atomic E-state index is 0.141. The molecule has 1 aromatic heterocycles.